The standard InChI is InChI=1S/C17H24F3N/c1-3-4-5-6-7-8-16(21-2)13-14-9-11-15(12-10-14)17(18,19)20/h3,9-12,16,21H,1,4-8,13H2,2H3. The minimum atomic E-state index is -4.26. The van der Waals surface area contributed by atoms with Gasteiger partial charge < -0.3 is 5.32 Å². The number of allylic oxidation sites excluding steroid dienone is 1. The van der Waals surface area contributed by atoms with Gasteiger partial charge in [-0.25, -0.2) is 0 Å². The minimum absolute atomic E-state index is 0.311. The van der Waals surface area contributed by atoms with Gasteiger partial charge in [-0.1, -0.05) is 31.1 Å². The second-order valence-corrected chi connectivity index (χ2v) is 5.31. The molecule has 1 aromatic carbocycles. The van der Waals surface area contributed by atoms with E-state index in [0.29, 0.717) is 6.04 Å². The summed E-state index contributed by atoms with van der Waals surface area (Å²) in [6, 6.07) is 5.78. The fourth-order valence-electron chi connectivity index (χ4n) is 2.32. The van der Waals surface area contributed by atoms with Crippen molar-refractivity contribution >= 4 is 0 Å². The van der Waals surface area contributed by atoms with Crippen molar-refractivity contribution in [1.29, 1.82) is 0 Å². The van der Waals surface area contributed by atoms with Crippen LogP contribution in [-0.4, -0.2) is 13.1 Å². The lowest BCUT2D eigenvalue weighted by molar-refractivity contribution is -0.137. The van der Waals surface area contributed by atoms with Crippen molar-refractivity contribution in [2.45, 2.75) is 50.7 Å². The molecule has 1 nitrogen and oxygen atoms in total. The molecule has 0 saturated carbocycles. The van der Waals surface area contributed by atoms with E-state index < -0.39 is 11.7 Å². The molecule has 0 bridgehead atoms. The summed E-state index contributed by atoms with van der Waals surface area (Å²) in [6.07, 6.45) is 3.95. The molecule has 0 amide bonds. The zero-order valence-corrected chi connectivity index (χ0v) is 12.5. The highest BCUT2D eigenvalue weighted by molar-refractivity contribution is 5.25. The van der Waals surface area contributed by atoms with Crippen molar-refractivity contribution in [3.05, 3.63) is 48.0 Å². The Hall–Kier alpha value is -1.29. The number of unbranched alkanes of at least 4 members (excludes halogenated alkanes) is 3. The molecular weight excluding hydrogens is 275 g/mol. The summed E-state index contributed by atoms with van der Waals surface area (Å²) in [5, 5.41) is 3.24. The Labute approximate surface area is 125 Å². The summed E-state index contributed by atoms with van der Waals surface area (Å²) in [5.74, 6) is 0. The normalized spacial score (nSPS) is 13.1. The lowest BCUT2D eigenvalue weighted by atomic mass is 9.99. The third-order valence-corrected chi connectivity index (χ3v) is 3.63. The van der Waals surface area contributed by atoms with Crippen molar-refractivity contribution in [3.8, 4) is 0 Å². The lowest BCUT2D eigenvalue weighted by Crippen LogP contribution is -2.27. The maximum Gasteiger partial charge on any atom is 0.416 e. The van der Waals surface area contributed by atoms with Crippen LogP contribution in [0, 0.1) is 0 Å². The summed E-state index contributed by atoms with van der Waals surface area (Å²) >= 11 is 0. The maximum atomic E-state index is 12.5. The van der Waals surface area contributed by atoms with E-state index in [2.05, 4.69) is 11.9 Å². The first-order chi connectivity index (χ1) is 9.97. The molecule has 0 fully saturated rings. The summed E-state index contributed by atoms with van der Waals surface area (Å²) in [6.45, 7) is 3.70. The first-order valence-electron chi connectivity index (χ1n) is 7.41. The molecule has 1 rings (SSSR count). The summed E-state index contributed by atoms with van der Waals surface area (Å²) in [4.78, 5) is 0. The molecule has 0 radical (unpaired) electrons. The van der Waals surface area contributed by atoms with Crippen LogP contribution in [0.15, 0.2) is 36.9 Å². The molecule has 0 saturated heterocycles. The SMILES string of the molecule is C=CCCCCCC(Cc1ccc(C(F)(F)F)cc1)NC. The average Bonchev–Trinajstić information content (AvgIpc) is 2.45. The van der Waals surface area contributed by atoms with Crippen LogP contribution in [0.2, 0.25) is 0 Å². The van der Waals surface area contributed by atoms with Crippen LogP contribution < -0.4 is 5.32 Å². The molecule has 0 heterocycles. The van der Waals surface area contributed by atoms with Gasteiger partial charge in [-0.2, -0.15) is 13.2 Å². The molecule has 1 N–H and O–H groups in total. The van der Waals surface area contributed by atoms with Gasteiger partial charge in [0, 0.05) is 6.04 Å². The number of hydrogen-bond donors (Lipinski definition) is 1. The fourth-order valence-corrected chi connectivity index (χ4v) is 2.32. The Morgan fingerprint density at radius 1 is 1.14 bits per heavy atom. The highest BCUT2D eigenvalue weighted by atomic mass is 19.4. The number of halogens is 3. The summed E-state index contributed by atoms with van der Waals surface area (Å²) in [7, 11) is 1.90. The molecule has 118 valence electrons. The van der Waals surface area contributed by atoms with Gasteiger partial charge in [0.15, 0.2) is 0 Å². The van der Waals surface area contributed by atoms with E-state index in [1.54, 1.807) is 12.1 Å². The smallest absolute Gasteiger partial charge is 0.317 e. The molecule has 1 atom stereocenters. The Morgan fingerprint density at radius 3 is 2.33 bits per heavy atom. The molecule has 0 aliphatic rings. The zero-order valence-electron chi connectivity index (χ0n) is 12.5. The van der Waals surface area contributed by atoms with Crippen LogP contribution in [-0.2, 0) is 12.6 Å². The van der Waals surface area contributed by atoms with Crippen LogP contribution in [0.25, 0.3) is 0 Å². The van der Waals surface area contributed by atoms with Gasteiger partial charge in [-0.15, -0.1) is 6.58 Å². The fraction of sp³-hybridized carbons (Fsp3) is 0.529. The molecule has 1 aromatic rings. The Bertz CT molecular complexity index is 409. The predicted octanol–water partition coefficient (Wildman–Crippen LogP) is 4.97. The van der Waals surface area contributed by atoms with Crippen LogP contribution in [0.4, 0.5) is 13.2 Å². The number of alkyl halides is 3. The zero-order chi connectivity index (χ0) is 15.7. The van der Waals surface area contributed by atoms with E-state index >= 15 is 0 Å². The highest BCUT2D eigenvalue weighted by Crippen LogP contribution is 2.29. The average molecular weight is 299 g/mol. The Balaban J connectivity index is 2.44. The third-order valence-electron chi connectivity index (χ3n) is 3.63. The maximum absolute atomic E-state index is 12.5. The van der Waals surface area contributed by atoms with Crippen LogP contribution >= 0.6 is 0 Å². The molecule has 4 heteroatoms. The van der Waals surface area contributed by atoms with Gasteiger partial charge in [0.2, 0.25) is 0 Å². The number of hydrogen-bond acceptors (Lipinski definition) is 1. The summed E-state index contributed by atoms with van der Waals surface area (Å²) < 4.78 is 37.5. The predicted molar refractivity (Wildman–Crippen MR) is 81.3 cm³/mol. The van der Waals surface area contributed by atoms with Crippen LogP contribution in [0.1, 0.15) is 43.2 Å². The monoisotopic (exact) mass is 299 g/mol. The van der Waals surface area contributed by atoms with E-state index in [1.807, 2.05) is 13.1 Å². The van der Waals surface area contributed by atoms with E-state index in [1.165, 1.54) is 0 Å². The van der Waals surface area contributed by atoms with Crippen LogP contribution in [0.3, 0.4) is 0 Å². The van der Waals surface area contributed by atoms with E-state index in [0.717, 1.165) is 56.2 Å². The molecular formula is C17H24F3N. The van der Waals surface area contributed by atoms with Crippen molar-refractivity contribution in [3.63, 3.8) is 0 Å². The third kappa shape index (κ3) is 6.80. The van der Waals surface area contributed by atoms with E-state index in [4.69, 9.17) is 0 Å². The van der Waals surface area contributed by atoms with Crippen LogP contribution in [0.5, 0.6) is 0 Å². The van der Waals surface area contributed by atoms with Crippen molar-refractivity contribution in [2.75, 3.05) is 7.05 Å². The second kappa shape index (κ2) is 8.88. The van der Waals surface area contributed by atoms with Gasteiger partial charge in [-0.3, -0.25) is 0 Å². The lowest BCUT2D eigenvalue weighted by Gasteiger charge is -2.16. The molecule has 21 heavy (non-hydrogen) atoms. The van der Waals surface area contributed by atoms with E-state index in [-0.39, 0.29) is 0 Å². The Morgan fingerprint density at radius 2 is 1.81 bits per heavy atom. The molecule has 1 unspecified atom stereocenters. The number of rotatable bonds is 9. The van der Waals surface area contributed by atoms with Crippen molar-refractivity contribution in [2.24, 2.45) is 0 Å². The first kappa shape index (κ1) is 17.8. The van der Waals surface area contributed by atoms with Crippen molar-refractivity contribution < 1.29 is 13.2 Å². The number of nitrogens with one attached hydrogen (secondary N) is 1. The highest BCUT2D eigenvalue weighted by Gasteiger charge is 2.29. The minimum Gasteiger partial charge on any atom is -0.317 e. The van der Waals surface area contributed by atoms with Gasteiger partial charge in [0.25, 0.3) is 0 Å². The van der Waals surface area contributed by atoms with Crippen molar-refractivity contribution in [1.82, 2.24) is 5.32 Å². The second-order valence-electron chi connectivity index (χ2n) is 5.31. The number of benzene rings is 1. The topological polar surface area (TPSA) is 12.0 Å². The van der Waals surface area contributed by atoms with Gasteiger partial charge >= 0.3 is 6.18 Å². The molecule has 0 aliphatic carbocycles. The Kier molecular flexibility index (Phi) is 7.51. The number of likely N-dealkylation sites (N-methyl/N-ethyl adjacent to an activating group) is 1. The quantitative estimate of drug-likeness (QED) is 0.501. The molecule has 0 aliphatic heterocycles. The van der Waals surface area contributed by atoms with Gasteiger partial charge in [0.1, 0.15) is 0 Å². The molecule has 0 spiro atoms. The summed E-state index contributed by atoms with van der Waals surface area (Å²) in [5.41, 5.74) is 0.352. The first-order valence-corrected chi connectivity index (χ1v) is 7.41. The van der Waals surface area contributed by atoms with Gasteiger partial charge in [-0.05, 0) is 50.4 Å². The largest absolute Gasteiger partial charge is 0.416 e. The van der Waals surface area contributed by atoms with E-state index in [9.17, 15) is 13.2 Å². The molecule has 0 aromatic heterocycles. The van der Waals surface area contributed by atoms with Gasteiger partial charge in [0.05, 0.1) is 5.56 Å².